The summed E-state index contributed by atoms with van der Waals surface area (Å²) in [6.07, 6.45) is 0.297. The van der Waals surface area contributed by atoms with Crippen LogP contribution in [0.4, 0.5) is 5.69 Å². The maximum absolute atomic E-state index is 12.2. The molecule has 0 aliphatic heterocycles. The normalized spacial score (nSPS) is 11.2. The van der Waals surface area contributed by atoms with Gasteiger partial charge in [-0.3, -0.25) is 14.9 Å². The monoisotopic (exact) mass is 282 g/mol. The van der Waals surface area contributed by atoms with Gasteiger partial charge < -0.3 is 15.5 Å². The third kappa shape index (κ3) is 3.12. The van der Waals surface area contributed by atoms with Gasteiger partial charge in [-0.2, -0.15) is 0 Å². The van der Waals surface area contributed by atoms with Crippen LogP contribution in [0, 0.1) is 17.0 Å². The zero-order valence-electron chi connectivity index (χ0n) is 11.4. The molecule has 1 aromatic carbocycles. The van der Waals surface area contributed by atoms with Crippen LogP contribution in [-0.2, 0) is 0 Å². The van der Waals surface area contributed by atoms with Gasteiger partial charge in [0, 0.05) is 5.56 Å². The third-order valence-corrected chi connectivity index (χ3v) is 3.33. The number of nitro groups is 1. The molecule has 0 heterocycles. The highest BCUT2D eigenvalue weighted by atomic mass is 16.6. The van der Waals surface area contributed by atoms with Crippen molar-refractivity contribution in [2.75, 3.05) is 13.2 Å². The second-order valence-corrected chi connectivity index (χ2v) is 4.63. The topological polar surface area (TPSA) is 113 Å². The van der Waals surface area contributed by atoms with Crippen molar-refractivity contribution < 1.29 is 19.9 Å². The molecule has 0 aliphatic carbocycles. The first-order valence-corrected chi connectivity index (χ1v) is 6.19. The number of para-hydroxylation sites is 1. The molecule has 3 N–H and O–H groups in total. The number of aliphatic hydroxyl groups excluding tert-OH is 2. The lowest BCUT2D eigenvalue weighted by molar-refractivity contribution is -0.385. The molecular formula is C13H18N2O5. The molecule has 1 aromatic rings. The van der Waals surface area contributed by atoms with E-state index >= 15 is 0 Å². The van der Waals surface area contributed by atoms with E-state index in [9.17, 15) is 25.1 Å². The lowest BCUT2D eigenvalue weighted by Crippen LogP contribution is -2.53. The Labute approximate surface area is 116 Å². The van der Waals surface area contributed by atoms with Crippen molar-refractivity contribution in [3.63, 3.8) is 0 Å². The van der Waals surface area contributed by atoms with E-state index in [1.54, 1.807) is 26.0 Å². The molecule has 0 aromatic heterocycles. The minimum absolute atomic E-state index is 0.0882. The first-order valence-electron chi connectivity index (χ1n) is 6.19. The Hall–Kier alpha value is -1.99. The highest BCUT2D eigenvalue weighted by Gasteiger charge is 2.31. The first-order chi connectivity index (χ1) is 9.40. The summed E-state index contributed by atoms with van der Waals surface area (Å²) in [4.78, 5) is 22.6. The quantitative estimate of drug-likeness (QED) is 0.527. The number of benzene rings is 1. The van der Waals surface area contributed by atoms with E-state index in [-0.39, 0.29) is 11.3 Å². The van der Waals surface area contributed by atoms with Crippen LogP contribution >= 0.6 is 0 Å². The van der Waals surface area contributed by atoms with Gasteiger partial charge in [0.1, 0.15) is 5.56 Å². The van der Waals surface area contributed by atoms with Gasteiger partial charge >= 0.3 is 0 Å². The van der Waals surface area contributed by atoms with Crippen LogP contribution in [0.15, 0.2) is 18.2 Å². The third-order valence-electron chi connectivity index (χ3n) is 3.33. The van der Waals surface area contributed by atoms with E-state index in [2.05, 4.69) is 5.32 Å². The van der Waals surface area contributed by atoms with Gasteiger partial charge in [-0.15, -0.1) is 0 Å². The molecule has 0 aliphatic rings. The van der Waals surface area contributed by atoms with Crippen molar-refractivity contribution in [2.24, 2.45) is 0 Å². The summed E-state index contributed by atoms with van der Waals surface area (Å²) in [5, 5.41) is 32.1. The number of rotatable bonds is 6. The van der Waals surface area contributed by atoms with Crippen LogP contribution < -0.4 is 5.32 Å². The summed E-state index contributed by atoms with van der Waals surface area (Å²) in [7, 11) is 0. The number of nitrogens with one attached hydrogen (secondary N) is 1. The smallest absolute Gasteiger partial charge is 0.285 e. The fraction of sp³-hybridized carbons (Fsp3) is 0.462. The molecule has 0 saturated heterocycles. The summed E-state index contributed by atoms with van der Waals surface area (Å²) in [5.41, 5.74) is -1.17. The van der Waals surface area contributed by atoms with Gasteiger partial charge in [-0.1, -0.05) is 19.1 Å². The fourth-order valence-electron chi connectivity index (χ4n) is 1.83. The van der Waals surface area contributed by atoms with Gasteiger partial charge in [0.2, 0.25) is 0 Å². The summed E-state index contributed by atoms with van der Waals surface area (Å²) in [5.74, 6) is -0.689. The highest BCUT2D eigenvalue weighted by molar-refractivity contribution is 5.99. The number of amides is 1. The standard InChI is InChI=1S/C13H18N2O5/c1-3-13(7-16,8-17)14-12(18)10-6-4-5-9(2)11(10)15(19)20/h4-6,16-17H,3,7-8H2,1-2H3,(H,14,18). The Balaban J connectivity index is 3.16. The number of hydrogen-bond acceptors (Lipinski definition) is 5. The molecule has 110 valence electrons. The summed E-state index contributed by atoms with van der Waals surface area (Å²) in [6, 6.07) is 4.43. The average molecular weight is 282 g/mol. The molecule has 0 bridgehead atoms. The second-order valence-electron chi connectivity index (χ2n) is 4.63. The van der Waals surface area contributed by atoms with Crippen molar-refractivity contribution in [1.82, 2.24) is 5.32 Å². The van der Waals surface area contributed by atoms with E-state index in [1.807, 2.05) is 0 Å². The zero-order chi connectivity index (χ0) is 15.3. The van der Waals surface area contributed by atoms with E-state index in [0.717, 1.165) is 0 Å². The molecule has 7 heteroatoms. The van der Waals surface area contributed by atoms with Gasteiger partial charge in [0.25, 0.3) is 11.6 Å². The Bertz CT molecular complexity index is 503. The number of carbonyl (C=O) groups is 1. The molecule has 0 fully saturated rings. The number of nitro benzene ring substituents is 1. The highest BCUT2D eigenvalue weighted by Crippen LogP contribution is 2.23. The number of hydrogen-bond donors (Lipinski definition) is 3. The molecule has 0 unspecified atom stereocenters. The summed E-state index contributed by atoms with van der Waals surface area (Å²) < 4.78 is 0. The minimum atomic E-state index is -1.19. The van der Waals surface area contributed by atoms with Crippen molar-refractivity contribution in [1.29, 1.82) is 0 Å². The van der Waals surface area contributed by atoms with Crippen LogP contribution in [0.1, 0.15) is 29.3 Å². The van der Waals surface area contributed by atoms with Crippen LogP contribution in [0.2, 0.25) is 0 Å². The molecule has 20 heavy (non-hydrogen) atoms. The molecular weight excluding hydrogens is 264 g/mol. The lowest BCUT2D eigenvalue weighted by Gasteiger charge is -2.29. The molecule has 7 nitrogen and oxygen atoms in total. The van der Waals surface area contributed by atoms with Crippen molar-refractivity contribution in [3.05, 3.63) is 39.4 Å². The van der Waals surface area contributed by atoms with Crippen molar-refractivity contribution in [2.45, 2.75) is 25.8 Å². The average Bonchev–Trinajstić information content (AvgIpc) is 2.44. The zero-order valence-corrected chi connectivity index (χ0v) is 11.4. The molecule has 1 rings (SSSR count). The fourth-order valence-corrected chi connectivity index (χ4v) is 1.83. The summed E-state index contributed by atoms with van der Waals surface area (Å²) >= 11 is 0. The van der Waals surface area contributed by atoms with E-state index in [1.165, 1.54) is 6.07 Å². The Morgan fingerprint density at radius 1 is 1.40 bits per heavy atom. The van der Waals surface area contributed by atoms with Crippen LogP contribution in [0.5, 0.6) is 0 Å². The maximum atomic E-state index is 12.2. The van der Waals surface area contributed by atoms with Crippen molar-refractivity contribution in [3.8, 4) is 0 Å². The van der Waals surface area contributed by atoms with E-state index < -0.39 is 29.6 Å². The molecule has 0 atom stereocenters. The van der Waals surface area contributed by atoms with Gasteiger partial charge in [-0.25, -0.2) is 0 Å². The largest absolute Gasteiger partial charge is 0.394 e. The van der Waals surface area contributed by atoms with Gasteiger partial charge in [0.15, 0.2) is 0 Å². The first kappa shape index (κ1) is 16.1. The van der Waals surface area contributed by atoms with Crippen LogP contribution in [-0.4, -0.2) is 39.8 Å². The second kappa shape index (κ2) is 6.44. The number of aryl methyl sites for hydroxylation is 1. The minimum Gasteiger partial charge on any atom is -0.394 e. The number of carbonyl (C=O) groups excluding carboxylic acids is 1. The van der Waals surface area contributed by atoms with E-state index in [4.69, 9.17) is 0 Å². The maximum Gasteiger partial charge on any atom is 0.285 e. The van der Waals surface area contributed by atoms with Gasteiger partial charge in [-0.05, 0) is 19.4 Å². The predicted octanol–water partition coefficient (Wildman–Crippen LogP) is 0.766. The number of nitrogens with zero attached hydrogens (tertiary/aromatic N) is 1. The molecule has 0 spiro atoms. The summed E-state index contributed by atoms with van der Waals surface area (Å²) in [6.45, 7) is 2.33. The van der Waals surface area contributed by atoms with Crippen molar-refractivity contribution >= 4 is 11.6 Å². The Morgan fingerprint density at radius 2 is 2.00 bits per heavy atom. The Morgan fingerprint density at radius 3 is 2.45 bits per heavy atom. The van der Waals surface area contributed by atoms with Gasteiger partial charge in [0.05, 0.1) is 23.7 Å². The predicted molar refractivity (Wildman–Crippen MR) is 72.5 cm³/mol. The van der Waals surface area contributed by atoms with Crippen LogP contribution in [0.25, 0.3) is 0 Å². The Kier molecular flexibility index (Phi) is 5.18. The molecule has 1 amide bonds. The van der Waals surface area contributed by atoms with E-state index in [0.29, 0.717) is 12.0 Å². The number of aliphatic hydroxyl groups is 2. The SMILES string of the molecule is CCC(CO)(CO)NC(=O)c1cccc(C)c1[N+](=O)[O-]. The van der Waals surface area contributed by atoms with Crippen LogP contribution in [0.3, 0.4) is 0 Å². The molecule has 0 saturated carbocycles. The lowest BCUT2D eigenvalue weighted by atomic mass is 9.97. The molecule has 0 radical (unpaired) electrons.